The number of nitrogens with one attached hydrogen (secondary N) is 1. The van der Waals surface area contributed by atoms with Crippen molar-refractivity contribution in [3.05, 3.63) is 29.9 Å². The Labute approximate surface area is 96.9 Å². The quantitative estimate of drug-likeness (QED) is 0.692. The number of hydrogen-bond acceptors (Lipinski definition) is 5. The first kappa shape index (κ1) is 9.98. The maximum absolute atomic E-state index is 5.44. The molecule has 3 N–H and O–H groups in total. The molecule has 6 nitrogen and oxygen atoms in total. The van der Waals surface area contributed by atoms with Crippen LogP contribution in [0.15, 0.2) is 22.7 Å². The summed E-state index contributed by atoms with van der Waals surface area (Å²) in [5.74, 6) is 1.79. The van der Waals surface area contributed by atoms with Gasteiger partial charge in [-0.3, -0.25) is 0 Å². The second-order valence-electron chi connectivity index (χ2n) is 3.74. The van der Waals surface area contributed by atoms with Gasteiger partial charge in [0.25, 0.3) is 0 Å². The predicted octanol–water partition coefficient (Wildman–Crippen LogP) is 1.38. The molecule has 0 radical (unpaired) electrons. The minimum Gasteiger partial charge on any atom is -0.342 e. The third-order valence-corrected chi connectivity index (χ3v) is 2.51. The maximum Gasteiger partial charge on any atom is 0.240 e. The molecule has 0 aliphatic carbocycles. The molecule has 3 aromatic rings. The summed E-state index contributed by atoms with van der Waals surface area (Å²) in [6.07, 6.45) is 0. The van der Waals surface area contributed by atoms with Crippen molar-refractivity contribution in [2.24, 2.45) is 5.73 Å². The fourth-order valence-corrected chi connectivity index (χ4v) is 1.78. The maximum atomic E-state index is 5.44. The molecule has 0 saturated heterocycles. The van der Waals surface area contributed by atoms with E-state index in [4.69, 9.17) is 10.3 Å². The smallest absolute Gasteiger partial charge is 0.240 e. The van der Waals surface area contributed by atoms with Crippen LogP contribution in [0.25, 0.3) is 22.4 Å². The van der Waals surface area contributed by atoms with Crippen molar-refractivity contribution in [2.75, 3.05) is 0 Å². The lowest BCUT2D eigenvalue weighted by Crippen LogP contribution is -1.95. The average molecular weight is 229 g/mol. The van der Waals surface area contributed by atoms with Gasteiger partial charge in [0.05, 0.1) is 23.1 Å². The molecule has 17 heavy (non-hydrogen) atoms. The molecule has 0 atom stereocenters. The Morgan fingerprint density at radius 1 is 1.35 bits per heavy atom. The van der Waals surface area contributed by atoms with Gasteiger partial charge < -0.3 is 15.2 Å². The van der Waals surface area contributed by atoms with E-state index in [0.717, 1.165) is 22.4 Å². The molecule has 0 unspecified atom stereocenters. The Balaban J connectivity index is 2.22. The fourth-order valence-electron chi connectivity index (χ4n) is 1.78. The van der Waals surface area contributed by atoms with Crippen LogP contribution in [-0.4, -0.2) is 20.1 Å². The lowest BCUT2D eigenvalue weighted by molar-refractivity contribution is 0.380. The highest BCUT2D eigenvalue weighted by Gasteiger charge is 2.12. The molecule has 0 spiro atoms. The molecule has 0 saturated carbocycles. The summed E-state index contributed by atoms with van der Waals surface area (Å²) in [6.45, 7) is 2.15. The SMILES string of the molecule is Cc1nc2c(-c3noc(CN)n3)cccc2[nH]1. The standard InChI is InChI=1S/C11H11N5O/c1-6-13-8-4-2-3-7(10(8)14-6)11-15-9(5-12)17-16-11/h2-4H,5,12H2,1H3,(H,13,14). The van der Waals surface area contributed by atoms with Crippen molar-refractivity contribution in [1.29, 1.82) is 0 Å². The van der Waals surface area contributed by atoms with Crippen molar-refractivity contribution in [1.82, 2.24) is 20.1 Å². The highest BCUT2D eigenvalue weighted by atomic mass is 16.5. The van der Waals surface area contributed by atoms with Crippen LogP contribution in [0.5, 0.6) is 0 Å². The monoisotopic (exact) mass is 229 g/mol. The molecular weight excluding hydrogens is 218 g/mol. The molecular formula is C11H11N5O. The zero-order chi connectivity index (χ0) is 11.8. The van der Waals surface area contributed by atoms with Crippen molar-refractivity contribution in [2.45, 2.75) is 13.5 Å². The number of benzene rings is 1. The van der Waals surface area contributed by atoms with Crippen LogP contribution < -0.4 is 5.73 Å². The van der Waals surface area contributed by atoms with Gasteiger partial charge in [0, 0.05) is 0 Å². The minimum atomic E-state index is 0.239. The molecule has 86 valence electrons. The number of aromatic amines is 1. The van der Waals surface area contributed by atoms with E-state index >= 15 is 0 Å². The molecule has 0 aliphatic rings. The Morgan fingerprint density at radius 3 is 3.00 bits per heavy atom. The number of H-pyrrole nitrogens is 1. The highest BCUT2D eigenvalue weighted by Crippen LogP contribution is 2.24. The second-order valence-corrected chi connectivity index (χ2v) is 3.74. The van der Waals surface area contributed by atoms with Gasteiger partial charge in [-0.05, 0) is 19.1 Å². The lowest BCUT2D eigenvalue weighted by Gasteiger charge is -1.94. The molecule has 1 aromatic carbocycles. The number of fused-ring (bicyclic) bond motifs is 1. The average Bonchev–Trinajstić information content (AvgIpc) is 2.92. The van der Waals surface area contributed by atoms with E-state index in [2.05, 4.69) is 20.1 Å². The van der Waals surface area contributed by atoms with E-state index in [-0.39, 0.29) is 6.54 Å². The van der Waals surface area contributed by atoms with E-state index in [0.29, 0.717) is 11.7 Å². The Bertz CT molecular complexity index is 669. The van der Waals surface area contributed by atoms with Gasteiger partial charge in [0.2, 0.25) is 11.7 Å². The van der Waals surface area contributed by atoms with Gasteiger partial charge in [0.1, 0.15) is 5.82 Å². The lowest BCUT2D eigenvalue weighted by atomic mass is 10.2. The van der Waals surface area contributed by atoms with E-state index < -0.39 is 0 Å². The molecule has 0 bridgehead atoms. The summed E-state index contributed by atoms with van der Waals surface area (Å²) < 4.78 is 5.00. The summed E-state index contributed by atoms with van der Waals surface area (Å²) in [4.78, 5) is 11.8. The Hall–Kier alpha value is -2.21. The van der Waals surface area contributed by atoms with Crippen LogP contribution in [0.2, 0.25) is 0 Å². The summed E-state index contributed by atoms with van der Waals surface area (Å²) >= 11 is 0. The summed E-state index contributed by atoms with van der Waals surface area (Å²) in [5, 5.41) is 3.90. The first-order chi connectivity index (χ1) is 8.28. The van der Waals surface area contributed by atoms with Gasteiger partial charge in [0.15, 0.2) is 0 Å². The minimum absolute atomic E-state index is 0.239. The van der Waals surface area contributed by atoms with Crippen LogP contribution in [0, 0.1) is 6.92 Å². The van der Waals surface area contributed by atoms with Crippen LogP contribution >= 0.6 is 0 Å². The fraction of sp³-hybridized carbons (Fsp3) is 0.182. The summed E-state index contributed by atoms with van der Waals surface area (Å²) in [6, 6.07) is 5.80. The Morgan fingerprint density at radius 2 is 2.24 bits per heavy atom. The van der Waals surface area contributed by atoms with Crippen LogP contribution in [-0.2, 0) is 6.54 Å². The van der Waals surface area contributed by atoms with Gasteiger partial charge in [-0.1, -0.05) is 11.2 Å². The van der Waals surface area contributed by atoms with E-state index in [1.807, 2.05) is 25.1 Å². The summed E-state index contributed by atoms with van der Waals surface area (Å²) in [5.41, 5.74) is 8.08. The molecule has 2 heterocycles. The number of para-hydroxylation sites is 1. The number of rotatable bonds is 2. The van der Waals surface area contributed by atoms with Crippen LogP contribution in [0.4, 0.5) is 0 Å². The first-order valence-corrected chi connectivity index (χ1v) is 5.26. The normalized spacial score (nSPS) is 11.2. The molecule has 0 amide bonds. The molecule has 2 aromatic heterocycles. The third-order valence-electron chi connectivity index (χ3n) is 2.51. The predicted molar refractivity (Wildman–Crippen MR) is 62.0 cm³/mol. The van der Waals surface area contributed by atoms with E-state index in [1.54, 1.807) is 0 Å². The topological polar surface area (TPSA) is 93.6 Å². The summed E-state index contributed by atoms with van der Waals surface area (Å²) in [7, 11) is 0. The number of nitrogens with zero attached hydrogens (tertiary/aromatic N) is 3. The largest absolute Gasteiger partial charge is 0.342 e. The van der Waals surface area contributed by atoms with Crippen molar-refractivity contribution in [3.63, 3.8) is 0 Å². The second kappa shape index (κ2) is 3.67. The molecule has 0 aliphatic heterocycles. The van der Waals surface area contributed by atoms with Crippen molar-refractivity contribution in [3.8, 4) is 11.4 Å². The van der Waals surface area contributed by atoms with Gasteiger partial charge in [-0.2, -0.15) is 4.98 Å². The van der Waals surface area contributed by atoms with E-state index in [9.17, 15) is 0 Å². The zero-order valence-corrected chi connectivity index (χ0v) is 9.27. The molecule has 0 fully saturated rings. The number of hydrogen-bond donors (Lipinski definition) is 2. The van der Waals surface area contributed by atoms with Crippen molar-refractivity contribution >= 4 is 11.0 Å². The van der Waals surface area contributed by atoms with Gasteiger partial charge >= 0.3 is 0 Å². The first-order valence-electron chi connectivity index (χ1n) is 5.26. The Kier molecular flexibility index (Phi) is 2.15. The van der Waals surface area contributed by atoms with Crippen LogP contribution in [0.1, 0.15) is 11.7 Å². The highest BCUT2D eigenvalue weighted by molar-refractivity contribution is 5.89. The van der Waals surface area contributed by atoms with Gasteiger partial charge in [-0.15, -0.1) is 0 Å². The molecule has 6 heteroatoms. The number of aromatic nitrogens is 4. The molecule has 3 rings (SSSR count). The number of nitrogens with two attached hydrogens (primary N) is 1. The zero-order valence-electron chi connectivity index (χ0n) is 9.27. The number of imidazole rings is 1. The van der Waals surface area contributed by atoms with E-state index in [1.165, 1.54) is 0 Å². The third kappa shape index (κ3) is 1.58. The van der Waals surface area contributed by atoms with Crippen LogP contribution in [0.3, 0.4) is 0 Å². The van der Waals surface area contributed by atoms with Gasteiger partial charge in [-0.25, -0.2) is 4.98 Å². The van der Waals surface area contributed by atoms with Crippen molar-refractivity contribution < 1.29 is 4.52 Å². The number of aryl methyl sites for hydroxylation is 1.